The summed E-state index contributed by atoms with van der Waals surface area (Å²) >= 11 is 0. The average molecular weight is 390 g/mol. The molecule has 1 atom stereocenters. The number of aliphatic hydroxyl groups is 1. The van der Waals surface area contributed by atoms with Gasteiger partial charge in [0.05, 0.1) is 0 Å². The normalized spacial score (nSPS) is 16.9. The van der Waals surface area contributed by atoms with Crippen LogP contribution in [-0.2, 0) is 11.2 Å². The Morgan fingerprint density at radius 1 is 1.04 bits per heavy atom. The van der Waals surface area contributed by atoms with Crippen molar-refractivity contribution in [1.29, 1.82) is 0 Å². The van der Waals surface area contributed by atoms with Gasteiger partial charge in [-0.25, -0.2) is 0 Å². The van der Waals surface area contributed by atoms with Crippen molar-refractivity contribution in [3.05, 3.63) is 29.8 Å². The lowest BCUT2D eigenvalue weighted by atomic mass is 10.0. The second-order valence-electron chi connectivity index (χ2n) is 8.25. The second-order valence-corrected chi connectivity index (χ2v) is 8.25. The molecule has 1 aliphatic heterocycles. The van der Waals surface area contributed by atoms with Crippen molar-refractivity contribution in [2.45, 2.75) is 90.6 Å². The molecule has 1 aromatic rings. The molecule has 0 amide bonds. The number of hydrogen-bond donors (Lipinski definition) is 2. The molecule has 1 fully saturated rings. The summed E-state index contributed by atoms with van der Waals surface area (Å²) in [6, 6.07) is 8.23. The van der Waals surface area contributed by atoms with Gasteiger partial charge in [-0.05, 0) is 45.7 Å². The summed E-state index contributed by atoms with van der Waals surface area (Å²) in [5, 5.41) is 10.3. The largest absolute Gasteiger partial charge is 0.551 e. The van der Waals surface area contributed by atoms with Gasteiger partial charge in [-0.1, -0.05) is 70.1 Å². The highest BCUT2D eigenvalue weighted by atomic mass is 16.6. The summed E-state index contributed by atoms with van der Waals surface area (Å²) in [5.74, 6) is 0. The summed E-state index contributed by atoms with van der Waals surface area (Å²) in [7, 11) is 0. The summed E-state index contributed by atoms with van der Waals surface area (Å²) in [4.78, 5) is 5.51. The van der Waals surface area contributed by atoms with Crippen LogP contribution in [0.5, 0.6) is 0 Å². The third-order valence-corrected chi connectivity index (χ3v) is 5.59. The standard InChI is InChI=1S/C24H40N2O2/c1-3-4-5-6-7-8-10-15-22-16-11-12-17-23(22)25-24(27)28-21(2)20-26-18-13-9-14-19-26/h11-12,16-17,21H,3-10,13-15,18-20H2,1-2H3,(H,25,27)/p+1/t21-/m1/s1. The lowest BCUT2D eigenvalue weighted by Crippen LogP contribution is -2.68. The van der Waals surface area contributed by atoms with E-state index in [-0.39, 0.29) is 12.2 Å². The van der Waals surface area contributed by atoms with E-state index in [9.17, 15) is 5.11 Å². The fourth-order valence-corrected chi connectivity index (χ4v) is 4.01. The molecule has 0 bridgehead atoms. The number of likely N-dealkylation sites (tertiary alicyclic amines) is 1. The molecule has 1 aromatic carbocycles. The Bertz CT molecular complexity index is 567. The van der Waals surface area contributed by atoms with E-state index in [0.29, 0.717) is 0 Å². The molecule has 0 saturated carbocycles. The van der Waals surface area contributed by atoms with Gasteiger partial charge in [0.15, 0.2) is 0 Å². The molecule has 1 aliphatic rings. The average Bonchev–Trinajstić information content (AvgIpc) is 2.69. The highest BCUT2D eigenvalue weighted by Gasteiger charge is 2.18. The molecule has 0 aliphatic carbocycles. The molecule has 2 N–H and O–H groups in total. The number of aryl methyl sites for hydroxylation is 1. The van der Waals surface area contributed by atoms with Crippen LogP contribution in [0, 0.1) is 0 Å². The van der Waals surface area contributed by atoms with Crippen LogP contribution in [0.25, 0.3) is 0 Å². The van der Waals surface area contributed by atoms with Crippen LogP contribution < -0.4 is 4.99 Å². The minimum absolute atomic E-state index is 0.0270. The Morgan fingerprint density at radius 2 is 1.71 bits per heavy atom. The topological polar surface area (TPSA) is 46.7 Å². The fourth-order valence-electron chi connectivity index (χ4n) is 4.01. The zero-order chi connectivity index (χ0) is 20.0. The van der Waals surface area contributed by atoms with Crippen LogP contribution in [0.4, 0.5) is 5.69 Å². The molecule has 0 aromatic heterocycles. The van der Waals surface area contributed by atoms with Gasteiger partial charge >= 0.3 is 6.08 Å². The number of hydrogen-bond acceptors (Lipinski definition) is 2. The minimum atomic E-state index is -0.0866. The lowest BCUT2D eigenvalue weighted by Gasteiger charge is -2.28. The zero-order valence-electron chi connectivity index (χ0n) is 18.1. The van der Waals surface area contributed by atoms with Crippen molar-refractivity contribution >= 4 is 11.8 Å². The van der Waals surface area contributed by atoms with Crippen LogP contribution in [0.1, 0.15) is 83.6 Å². The third kappa shape index (κ3) is 9.09. The van der Waals surface area contributed by atoms with Gasteiger partial charge in [-0.2, -0.15) is 0 Å². The van der Waals surface area contributed by atoms with E-state index in [1.807, 2.05) is 19.1 Å². The summed E-state index contributed by atoms with van der Waals surface area (Å²) in [6.45, 7) is 7.43. The van der Waals surface area contributed by atoms with Gasteiger partial charge in [-0.3, -0.25) is 4.90 Å². The Balaban J connectivity index is 1.77. The Hall–Kier alpha value is -1.55. The van der Waals surface area contributed by atoms with E-state index in [2.05, 4.69) is 28.9 Å². The van der Waals surface area contributed by atoms with E-state index >= 15 is 0 Å². The number of para-hydroxylation sites is 1. The van der Waals surface area contributed by atoms with Crippen molar-refractivity contribution in [2.75, 3.05) is 19.6 Å². The molecule has 2 rings (SSSR count). The van der Waals surface area contributed by atoms with Crippen LogP contribution in [0.2, 0.25) is 0 Å². The molecule has 0 radical (unpaired) electrons. The molecule has 1 heterocycles. The molecule has 0 spiro atoms. The lowest BCUT2D eigenvalue weighted by molar-refractivity contribution is -0.384. The predicted octanol–water partition coefficient (Wildman–Crippen LogP) is 4.50. The van der Waals surface area contributed by atoms with Crippen molar-refractivity contribution in [3.8, 4) is 0 Å². The Labute approximate surface area is 172 Å². The first-order valence-corrected chi connectivity index (χ1v) is 11.5. The number of benzene rings is 1. The van der Waals surface area contributed by atoms with Crippen LogP contribution in [0.15, 0.2) is 24.3 Å². The van der Waals surface area contributed by atoms with Crippen LogP contribution >= 0.6 is 0 Å². The predicted molar refractivity (Wildman–Crippen MR) is 117 cm³/mol. The quantitative estimate of drug-likeness (QED) is 0.314. The number of piperidine rings is 1. The van der Waals surface area contributed by atoms with Crippen LogP contribution in [-0.4, -0.2) is 41.8 Å². The maximum atomic E-state index is 10.3. The first kappa shape index (κ1) is 22.7. The number of rotatable bonds is 12. The summed E-state index contributed by atoms with van der Waals surface area (Å²) < 4.78 is 5.71. The van der Waals surface area contributed by atoms with Gasteiger partial charge in [0.25, 0.3) is 0 Å². The molecule has 28 heavy (non-hydrogen) atoms. The molecular weight excluding hydrogens is 348 g/mol. The smallest absolute Gasteiger partial charge is 0.430 e. The van der Waals surface area contributed by atoms with Gasteiger partial charge in [0, 0.05) is 18.2 Å². The number of ether oxygens (including phenoxy) is 1. The molecule has 4 nitrogen and oxygen atoms in total. The van der Waals surface area contributed by atoms with E-state index in [4.69, 9.17) is 4.74 Å². The van der Waals surface area contributed by atoms with Gasteiger partial charge < -0.3 is 9.84 Å². The number of nitrogens with one attached hydrogen (secondary N) is 1. The van der Waals surface area contributed by atoms with Crippen molar-refractivity contribution in [3.63, 3.8) is 0 Å². The van der Waals surface area contributed by atoms with E-state index < -0.39 is 0 Å². The first-order valence-electron chi connectivity index (χ1n) is 11.5. The summed E-state index contributed by atoms with van der Waals surface area (Å²) in [6.07, 6.45) is 14.0. The van der Waals surface area contributed by atoms with E-state index in [0.717, 1.165) is 31.7 Å². The third-order valence-electron chi connectivity index (χ3n) is 5.59. The van der Waals surface area contributed by atoms with Gasteiger partial charge in [0.1, 0.15) is 6.10 Å². The van der Waals surface area contributed by atoms with Crippen molar-refractivity contribution in [2.24, 2.45) is 0 Å². The molecule has 4 heteroatoms. The Morgan fingerprint density at radius 3 is 2.46 bits per heavy atom. The number of nitrogens with zero attached hydrogens (tertiary/aromatic N) is 1. The van der Waals surface area contributed by atoms with Crippen molar-refractivity contribution < 1.29 is 14.8 Å². The van der Waals surface area contributed by atoms with Gasteiger partial charge in [-0.15, -0.1) is 4.99 Å². The highest BCUT2D eigenvalue weighted by Crippen LogP contribution is 2.15. The van der Waals surface area contributed by atoms with Crippen molar-refractivity contribution in [1.82, 2.24) is 4.90 Å². The highest BCUT2D eigenvalue weighted by molar-refractivity contribution is 5.59. The van der Waals surface area contributed by atoms with Crippen LogP contribution in [0.3, 0.4) is 0 Å². The van der Waals surface area contributed by atoms with Gasteiger partial charge in [0.2, 0.25) is 5.69 Å². The fraction of sp³-hybridized carbons (Fsp3) is 0.708. The number of unbranched alkanes of at least 4 members (excludes halogenated alkanes) is 6. The van der Waals surface area contributed by atoms with E-state index in [1.54, 1.807) is 0 Å². The maximum Gasteiger partial charge on any atom is 0.551 e. The minimum Gasteiger partial charge on any atom is -0.430 e. The molecular formula is C24H41N2O2+. The second kappa shape index (κ2) is 13.6. The summed E-state index contributed by atoms with van der Waals surface area (Å²) in [5.41, 5.74) is 2.20. The molecule has 0 unspecified atom stereocenters. The Kier molecular flexibility index (Phi) is 11.0. The zero-order valence-corrected chi connectivity index (χ0v) is 18.1. The first-order chi connectivity index (χ1) is 13.7. The SMILES string of the molecule is CCCCCCCCCc1ccccc1[NH+]=C(O)O[C@H](C)CN1CCCCC1. The molecule has 1 saturated heterocycles. The monoisotopic (exact) mass is 389 g/mol. The maximum absolute atomic E-state index is 10.3. The number of aliphatic hydroxyl groups excluding tert-OH is 1. The van der Waals surface area contributed by atoms with E-state index in [1.165, 1.54) is 69.8 Å². The molecule has 158 valence electrons.